The Balaban J connectivity index is 2.70. The standard InChI is InChI=1S/C16H24N2O4/c1-10-6-12(8-18-15(21)22-16(3,4)5)7-11(2)13(10)9-17-14(19)20/h6-7,17H,8-9H2,1-5H3,(H,18,21)(H,19,20). The van der Waals surface area contributed by atoms with Gasteiger partial charge in [0.25, 0.3) is 0 Å². The van der Waals surface area contributed by atoms with Gasteiger partial charge in [0.1, 0.15) is 5.60 Å². The summed E-state index contributed by atoms with van der Waals surface area (Å²) in [6.45, 7) is 9.91. The molecule has 0 aliphatic rings. The molecule has 0 aliphatic carbocycles. The normalized spacial score (nSPS) is 11.0. The second kappa shape index (κ2) is 7.15. The first-order valence-corrected chi connectivity index (χ1v) is 7.11. The molecule has 122 valence electrons. The van der Waals surface area contributed by atoms with Crippen molar-refractivity contribution in [3.8, 4) is 0 Å². The largest absolute Gasteiger partial charge is 0.465 e. The quantitative estimate of drug-likeness (QED) is 0.797. The number of carbonyl (C=O) groups excluding carboxylic acids is 1. The van der Waals surface area contributed by atoms with E-state index < -0.39 is 17.8 Å². The number of alkyl carbamates (subject to hydrolysis) is 1. The lowest BCUT2D eigenvalue weighted by Gasteiger charge is -2.20. The Bertz CT molecular complexity index is 539. The van der Waals surface area contributed by atoms with Gasteiger partial charge in [0.2, 0.25) is 0 Å². The Hall–Kier alpha value is -2.24. The Kier molecular flexibility index (Phi) is 5.79. The maximum Gasteiger partial charge on any atom is 0.407 e. The number of hydrogen-bond donors (Lipinski definition) is 3. The summed E-state index contributed by atoms with van der Waals surface area (Å²) < 4.78 is 5.18. The van der Waals surface area contributed by atoms with E-state index in [0.29, 0.717) is 6.54 Å². The van der Waals surface area contributed by atoms with Crippen LogP contribution in [0.2, 0.25) is 0 Å². The molecule has 0 fully saturated rings. The van der Waals surface area contributed by atoms with E-state index in [1.54, 1.807) is 0 Å². The van der Waals surface area contributed by atoms with Crippen LogP contribution in [0, 0.1) is 13.8 Å². The van der Waals surface area contributed by atoms with Crippen molar-refractivity contribution in [2.75, 3.05) is 0 Å². The van der Waals surface area contributed by atoms with E-state index in [1.165, 1.54) is 0 Å². The van der Waals surface area contributed by atoms with Crippen LogP contribution in [0.1, 0.15) is 43.0 Å². The molecule has 1 rings (SSSR count). The van der Waals surface area contributed by atoms with Gasteiger partial charge in [0, 0.05) is 13.1 Å². The molecule has 3 N–H and O–H groups in total. The molecule has 0 unspecified atom stereocenters. The van der Waals surface area contributed by atoms with Gasteiger partial charge < -0.3 is 20.5 Å². The fourth-order valence-corrected chi connectivity index (χ4v) is 2.12. The highest BCUT2D eigenvalue weighted by Gasteiger charge is 2.16. The molecule has 1 aromatic carbocycles. The smallest absolute Gasteiger partial charge is 0.407 e. The second-order valence-electron chi connectivity index (χ2n) is 6.22. The lowest BCUT2D eigenvalue weighted by Crippen LogP contribution is -2.32. The summed E-state index contributed by atoms with van der Waals surface area (Å²) >= 11 is 0. The molecule has 0 aromatic heterocycles. The molecular formula is C16H24N2O4. The maximum absolute atomic E-state index is 11.6. The van der Waals surface area contributed by atoms with Gasteiger partial charge in [0.15, 0.2) is 0 Å². The van der Waals surface area contributed by atoms with Crippen LogP contribution in [0.15, 0.2) is 12.1 Å². The molecule has 6 nitrogen and oxygen atoms in total. The van der Waals surface area contributed by atoms with Crippen molar-refractivity contribution in [1.29, 1.82) is 0 Å². The maximum atomic E-state index is 11.6. The van der Waals surface area contributed by atoms with E-state index in [4.69, 9.17) is 9.84 Å². The lowest BCUT2D eigenvalue weighted by molar-refractivity contribution is 0.0523. The Labute approximate surface area is 130 Å². The van der Waals surface area contributed by atoms with Gasteiger partial charge in [-0.15, -0.1) is 0 Å². The van der Waals surface area contributed by atoms with E-state index in [-0.39, 0.29) is 6.54 Å². The van der Waals surface area contributed by atoms with Gasteiger partial charge >= 0.3 is 12.2 Å². The Morgan fingerprint density at radius 2 is 1.64 bits per heavy atom. The van der Waals surface area contributed by atoms with Crippen LogP contribution in [0.25, 0.3) is 0 Å². The molecule has 0 atom stereocenters. The van der Waals surface area contributed by atoms with E-state index in [0.717, 1.165) is 22.3 Å². The zero-order chi connectivity index (χ0) is 16.9. The van der Waals surface area contributed by atoms with Crippen molar-refractivity contribution in [1.82, 2.24) is 10.6 Å². The van der Waals surface area contributed by atoms with Gasteiger partial charge in [-0.2, -0.15) is 0 Å². The summed E-state index contributed by atoms with van der Waals surface area (Å²) in [5, 5.41) is 13.8. The third kappa shape index (κ3) is 6.03. The van der Waals surface area contributed by atoms with Crippen molar-refractivity contribution in [2.45, 2.75) is 53.3 Å². The van der Waals surface area contributed by atoms with Crippen LogP contribution >= 0.6 is 0 Å². The predicted octanol–water partition coefficient (Wildman–Crippen LogP) is 3.10. The molecule has 22 heavy (non-hydrogen) atoms. The number of nitrogens with one attached hydrogen (secondary N) is 2. The molecule has 6 heteroatoms. The van der Waals surface area contributed by atoms with Crippen molar-refractivity contribution < 1.29 is 19.4 Å². The molecular weight excluding hydrogens is 284 g/mol. The average Bonchev–Trinajstić information content (AvgIpc) is 2.33. The molecule has 1 aromatic rings. The Morgan fingerprint density at radius 1 is 1.09 bits per heavy atom. The molecule has 0 aliphatic heterocycles. The van der Waals surface area contributed by atoms with Gasteiger partial charge in [0.05, 0.1) is 0 Å². The van der Waals surface area contributed by atoms with Crippen molar-refractivity contribution in [3.63, 3.8) is 0 Å². The Morgan fingerprint density at radius 3 is 2.09 bits per heavy atom. The SMILES string of the molecule is Cc1cc(CNC(=O)OC(C)(C)C)cc(C)c1CNC(=O)O. The number of hydrogen-bond acceptors (Lipinski definition) is 3. The molecule has 0 radical (unpaired) electrons. The zero-order valence-corrected chi connectivity index (χ0v) is 13.7. The van der Waals surface area contributed by atoms with Gasteiger partial charge in [-0.1, -0.05) is 12.1 Å². The summed E-state index contributed by atoms with van der Waals surface area (Å²) in [6, 6.07) is 3.87. The number of rotatable bonds is 4. The van der Waals surface area contributed by atoms with Gasteiger partial charge in [-0.25, -0.2) is 9.59 Å². The highest BCUT2D eigenvalue weighted by molar-refractivity contribution is 5.67. The van der Waals surface area contributed by atoms with E-state index in [1.807, 2.05) is 46.8 Å². The highest BCUT2D eigenvalue weighted by atomic mass is 16.6. The third-order valence-electron chi connectivity index (χ3n) is 3.01. The summed E-state index contributed by atoms with van der Waals surface area (Å²) in [7, 11) is 0. The molecule has 0 spiro atoms. The monoisotopic (exact) mass is 308 g/mol. The van der Waals surface area contributed by atoms with Gasteiger partial charge in [-0.05, 0) is 56.9 Å². The number of amides is 2. The first-order chi connectivity index (χ1) is 10.1. The fraction of sp³-hybridized carbons (Fsp3) is 0.500. The zero-order valence-electron chi connectivity index (χ0n) is 13.7. The number of benzene rings is 1. The predicted molar refractivity (Wildman–Crippen MR) is 83.9 cm³/mol. The fourth-order valence-electron chi connectivity index (χ4n) is 2.12. The van der Waals surface area contributed by atoms with Crippen molar-refractivity contribution in [2.24, 2.45) is 0 Å². The van der Waals surface area contributed by atoms with Crippen LogP contribution in [-0.4, -0.2) is 22.9 Å². The van der Waals surface area contributed by atoms with Crippen LogP contribution in [0.4, 0.5) is 9.59 Å². The topological polar surface area (TPSA) is 87.7 Å². The minimum Gasteiger partial charge on any atom is -0.465 e. The number of carboxylic acid groups (broad SMARTS) is 1. The number of ether oxygens (including phenoxy) is 1. The van der Waals surface area contributed by atoms with Crippen LogP contribution in [0.3, 0.4) is 0 Å². The van der Waals surface area contributed by atoms with Crippen molar-refractivity contribution >= 4 is 12.2 Å². The first-order valence-electron chi connectivity index (χ1n) is 7.11. The molecule has 0 heterocycles. The minimum absolute atomic E-state index is 0.271. The van der Waals surface area contributed by atoms with Crippen LogP contribution in [-0.2, 0) is 17.8 Å². The average molecular weight is 308 g/mol. The minimum atomic E-state index is -1.05. The summed E-state index contributed by atoms with van der Waals surface area (Å²) in [4.78, 5) is 22.2. The third-order valence-corrected chi connectivity index (χ3v) is 3.01. The molecule has 2 amide bonds. The van der Waals surface area contributed by atoms with Gasteiger partial charge in [-0.3, -0.25) is 0 Å². The second-order valence-corrected chi connectivity index (χ2v) is 6.22. The molecule has 0 saturated heterocycles. The summed E-state index contributed by atoms with van der Waals surface area (Å²) in [5.74, 6) is 0. The van der Waals surface area contributed by atoms with Crippen LogP contribution < -0.4 is 10.6 Å². The van der Waals surface area contributed by atoms with Crippen LogP contribution in [0.5, 0.6) is 0 Å². The van der Waals surface area contributed by atoms with Crippen molar-refractivity contribution in [3.05, 3.63) is 34.4 Å². The molecule has 0 bridgehead atoms. The summed E-state index contributed by atoms with van der Waals surface area (Å²) in [5.41, 5.74) is 3.33. The highest BCUT2D eigenvalue weighted by Crippen LogP contribution is 2.17. The first kappa shape index (κ1) is 17.8. The lowest BCUT2D eigenvalue weighted by atomic mass is 9.99. The number of aryl methyl sites for hydroxylation is 2. The molecule has 0 saturated carbocycles. The van der Waals surface area contributed by atoms with E-state index >= 15 is 0 Å². The van der Waals surface area contributed by atoms with E-state index in [2.05, 4.69) is 10.6 Å². The van der Waals surface area contributed by atoms with E-state index in [9.17, 15) is 9.59 Å². The summed E-state index contributed by atoms with van der Waals surface area (Å²) in [6.07, 6.45) is -1.51. The number of carbonyl (C=O) groups is 2.